The lowest BCUT2D eigenvalue weighted by molar-refractivity contribution is 1.05. The lowest BCUT2D eigenvalue weighted by Crippen LogP contribution is -2.23. The van der Waals surface area contributed by atoms with Crippen molar-refractivity contribution in [2.45, 2.75) is 0 Å². The zero-order valence-corrected chi connectivity index (χ0v) is 12.4. The maximum atomic E-state index is 5.13. The second kappa shape index (κ2) is 7.01. The molecule has 2 rings (SSSR count). The van der Waals surface area contributed by atoms with E-state index in [1.807, 2.05) is 54.6 Å². The van der Waals surface area contributed by atoms with Gasteiger partial charge < -0.3 is 5.32 Å². The molecule has 0 atom stereocenters. The Hall–Kier alpha value is -1.72. The number of halogens is 1. The largest absolute Gasteiger partial charge is 0.331 e. The average Bonchev–Trinajstić information content (AvgIpc) is 2.40. The highest BCUT2D eigenvalue weighted by molar-refractivity contribution is 9.10. The van der Waals surface area contributed by atoms with E-state index in [0.717, 1.165) is 15.7 Å². The molecule has 0 aliphatic rings. The lowest BCUT2D eigenvalue weighted by Gasteiger charge is -2.06. The molecule has 0 bridgehead atoms. The third kappa shape index (κ3) is 4.81. The summed E-state index contributed by atoms with van der Waals surface area (Å²) < 4.78 is 1.02. The zero-order chi connectivity index (χ0) is 13.5. The molecule has 2 aromatic carbocycles. The van der Waals surface area contributed by atoms with Crippen molar-refractivity contribution in [1.82, 2.24) is 5.43 Å². The summed E-state index contributed by atoms with van der Waals surface area (Å²) in [5.41, 5.74) is 4.69. The maximum absolute atomic E-state index is 5.13. The number of hydrogen-bond donors (Lipinski definition) is 2. The van der Waals surface area contributed by atoms with Crippen LogP contribution >= 0.6 is 28.1 Å². The van der Waals surface area contributed by atoms with E-state index in [9.17, 15) is 0 Å². The Kier molecular flexibility index (Phi) is 5.06. The van der Waals surface area contributed by atoms with Crippen molar-refractivity contribution < 1.29 is 0 Å². The topological polar surface area (TPSA) is 36.4 Å². The Morgan fingerprint density at radius 2 is 1.89 bits per heavy atom. The maximum Gasteiger partial charge on any atom is 0.191 e. The molecule has 0 spiro atoms. The normalized spacial score (nSPS) is 10.4. The molecule has 0 fully saturated rings. The third-order valence-electron chi connectivity index (χ3n) is 2.26. The van der Waals surface area contributed by atoms with Crippen molar-refractivity contribution in [3.63, 3.8) is 0 Å². The molecule has 0 aromatic heterocycles. The van der Waals surface area contributed by atoms with Crippen LogP contribution in [0.25, 0.3) is 0 Å². The van der Waals surface area contributed by atoms with Crippen LogP contribution in [0.15, 0.2) is 64.2 Å². The van der Waals surface area contributed by atoms with Crippen molar-refractivity contribution in [3.8, 4) is 0 Å². The van der Waals surface area contributed by atoms with E-state index in [2.05, 4.69) is 31.8 Å². The molecule has 19 heavy (non-hydrogen) atoms. The Balaban J connectivity index is 1.87. The molecule has 0 aliphatic carbocycles. The van der Waals surface area contributed by atoms with Crippen LogP contribution in [0.1, 0.15) is 5.56 Å². The van der Waals surface area contributed by atoms with Gasteiger partial charge in [-0.05, 0) is 42.0 Å². The number of para-hydroxylation sites is 1. The van der Waals surface area contributed by atoms with Gasteiger partial charge in [-0.2, -0.15) is 5.10 Å². The first-order chi connectivity index (χ1) is 9.24. The number of nitrogens with zero attached hydrogens (tertiary/aromatic N) is 1. The van der Waals surface area contributed by atoms with Gasteiger partial charge in [0, 0.05) is 10.2 Å². The minimum Gasteiger partial charge on any atom is -0.331 e. The summed E-state index contributed by atoms with van der Waals surface area (Å²) in [7, 11) is 0. The van der Waals surface area contributed by atoms with Crippen LogP contribution in [-0.2, 0) is 0 Å². The van der Waals surface area contributed by atoms with Gasteiger partial charge in [0.2, 0.25) is 0 Å². The minimum atomic E-state index is 0.456. The molecule has 0 amide bonds. The third-order valence-corrected chi connectivity index (χ3v) is 2.95. The van der Waals surface area contributed by atoms with Crippen LogP contribution in [0, 0.1) is 0 Å². The predicted octanol–water partition coefficient (Wildman–Crippen LogP) is 3.77. The van der Waals surface area contributed by atoms with Crippen LogP contribution in [0.5, 0.6) is 0 Å². The standard InChI is InChI=1S/C14H12BrN3S/c15-12-6-4-5-11(9-12)10-16-18-14(19)17-13-7-2-1-3-8-13/h1-10H,(H2,17,18,19)/b16-10+. The molecule has 0 unspecified atom stereocenters. The number of thiocarbonyl (C=S) groups is 1. The Morgan fingerprint density at radius 1 is 1.11 bits per heavy atom. The number of benzene rings is 2. The van der Waals surface area contributed by atoms with E-state index in [-0.39, 0.29) is 0 Å². The molecule has 0 heterocycles. The summed E-state index contributed by atoms with van der Waals surface area (Å²) >= 11 is 8.54. The average molecular weight is 334 g/mol. The highest BCUT2D eigenvalue weighted by Gasteiger charge is 1.94. The van der Waals surface area contributed by atoms with E-state index in [0.29, 0.717) is 5.11 Å². The van der Waals surface area contributed by atoms with Crippen LogP contribution in [-0.4, -0.2) is 11.3 Å². The molecule has 0 radical (unpaired) electrons. The summed E-state index contributed by atoms with van der Waals surface area (Å²) in [5.74, 6) is 0. The molecule has 0 saturated heterocycles. The fraction of sp³-hybridized carbons (Fsp3) is 0. The quantitative estimate of drug-likeness (QED) is 0.510. The fourth-order valence-electron chi connectivity index (χ4n) is 1.43. The molecule has 96 valence electrons. The predicted molar refractivity (Wildman–Crippen MR) is 87.5 cm³/mol. The Bertz CT molecular complexity index is 584. The number of nitrogens with one attached hydrogen (secondary N) is 2. The van der Waals surface area contributed by atoms with Gasteiger partial charge in [-0.15, -0.1) is 0 Å². The first-order valence-corrected chi connectivity index (χ1v) is 6.85. The molecule has 2 aromatic rings. The van der Waals surface area contributed by atoms with Gasteiger partial charge in [0.05, 0.1) is 6.21 Å². The van der Waals surface area contributed by atoms with E-state index >= 15 is 0 Å². The SMILES string of the molecule is S=C(N/N=C/c1cccc(Br)c1)Nc1ccccc1. The van der Waals surface area contributed by atoms with Gasteiger partial charge in [-0.25, -0.2) is 0 Å². The fourth-order valence-corrected chi connectivity index (χ4v) is 2.02. The van der Waals surface area contributed by atoms with Crippen LogP contribution < -0.4 is 10.7 Å². The summed E-state index contributed by atoms with van der Waals surface area (Å²) in [6.45, 7) is 0. The van der Waals surface area contributed by atoms with Gasteiger partial charge in [0.1, 0.15) is 0 Å². The summed E-state index contributed by atoms with van der Waals surface area (Å²) in [6.07, 6.45) is 1.71. The number of rotatable bonds is 3. The molecule has 0 saturated carbocycles. The van der Waals surface area contributed by atoms with Crippen molar-refractivity contribution >= 4 is 45.2 Å². The molecule has 2 N–H and O–H groups in total. The molecule has 3 nitrogen and oxygen atoms in total. The zero-order valence-electron chi connectivity index (χ0n) is 10.0. The van der Waals surface area contributed by atoms with Crippen LogP contribution in [0.3, 0.4) is 0 Å². The van der Waals surface area contributed by atoms with Crippen molar-refractivity contribution in [1.29, 1.82) is 0 Å². The minimum absolute atomic E-state index is 0.456. The molecule has 5 heteroatoms. The van der Waals surface area contributed by atoms with E-state index < -0.39 is 0 Å². The molecule has 0 aliphatic heterocycles. The number of hydrazone groups is 1. The van der Waals surface area contributed by atoms with Gasteiger partial charge >= 0.3 is 0 Å². The van der Waals surface area contributed by atoms with Crippen molar-refractivity contribution in [2.24, 2.45) is 5.10 Å². The van der Waals surface area contributed by atoms with Gasteiger partial charge in [0.15, 0.2) is 5.11 Å². The Labute approximate surface area is 125 Å². The van der Waals surface area contributed by atoms with Gasteiger partial charge in [-0.1, -0.05) is 46.3 Å². The van der Waals surface area contributed by atoms with E-state index in [1.165, 1.54) is 0 Å². The van der Waals surface area contributed by atoms with Crippen molar-refractivity contribution in [3.05, 3.63) is 64.6 Å². The van der Waals surface area contributed by atoms with Crippen molar-refractivity contribution in [2.75, 3.05) is 5.32 Å². The smallest absolute Gasteiger partial charge is 0.191 e. The lowest BCUT2D eigenvalue weighted by atomic mass is 10.2. The first kappa shape index (κ1) is 13.7. The van der Waals surface area contributed by atoms with E-state index in [1.54, 1.807) is 6.21 Å². The summed E-state index contributed by atoms with van der Waals surface area (Å²) in [5, 5.41) is 7.57. The number of hydrogen-bond acceptors (Lipinski definition) is 2. The van der Waals surface area contributed by atoms with Crippen LogP contribution in [0.4, 0.5) is 5.69 Å². The number of anilines is 1. The molecular weight excluding hydrogens is 322 g/mol. The van der Waals surface area contributed by atoms with Gasteiger partial charge in [-0.3, -0.25) is 5.43 Å². The second-order valence-corrected chi connectivity index (χ2v) is 5.07. The first-order valence-electron chi connectivity index (χ1n) is 5.65. The Morgan fingerprint density at radius 3 is 2.63 bits per heavy atom. The van der Waals surface area contributed by atoms with Gasteiger partial charge in [0.25, 0.3) is 0 Å². The van der Waals surface area contributed by atoms with Crippen LogP contribution in [0.2, 0.25) is 0 Å². The molecular formula is C14H12BrN3S. The monoisotopic (exact) mass is 333 g/mol. The highest BCUT2D eigenvalue weighted by Crippen LogP contribution is 2.09. The summed E-state index contributed by atoms with van der Waals surface area (Å²) in [4.78, 5) is 0. The van der Waals surface area contributed by atoms with E-state index in [4.69, 9.17) is 12.2 Å². The second-order valence-electron chi connectivity index (χ2n) is 3.75. The summed E-state index contributed by atoms with van der Waals surface area (Å²) in [6, 6.07) is 17.6. The highest BCUT2D eigenvalue weighted by atomic mass is 79.9.